The van der Waals surface area contributed by atoms with Gasteiger partial charge in [0.05, 0.1) is 7.11 Å². The Hall–Kier alpha value is -2.30. The van der Waals surface area contributed by atoms with Gasteiger partial charge in [0.2, 0.25) is 5.88 Å². The molecule has 0 radical (unpaired) electrons. The predicted octanol–water partition coefficient (Wildman–Crippen LogP) is 3.29. The molecule has 1 aromatic carbocycles. The minimum atomic E-state index is 0.236. The van der Waals surface area contributed by atoms with E-state index in [1.165, 1.54) is 0 Å². The van der Waals surface area contributed by atoms with Crippen LogP contribution in [0.1, 0.15) is 31.3 Å². The maximum atomic E-state index is 5.80. The van der Waals surface area contributed by atoms with Crippen molar-refractivity contribution in [2.45, 2.75) is 26.7 Å². The highest BCUT2D eigenvalue weighted by molar-refractivity contribution is 5.52. The lowest BCUT2D eigenvalue weighted by atomic mass is 10.2. The Bertz CT molecular complexity index is 612. The Morgan fingerprint density at radius 2 is 1.85 bits per heavy atom. The summed E-state index contributed by atoms with van der Waals surface area (Å²) in [5.41, 5.74) is 7.25. The lowest BCUT2D eigenvalue weighted by Crippen LogP contribution is -2.02. The molecule has 1 aromatic heterocycles. The minimum Gasteiger partial charge on any atom is -0.493 e. The molecule has 1 heterocycles. The third-order valence-electron chi connectivity index (χ3n) is 2.77. The van der Waals surface area contributed by atoms with Crippen molar-refractivity contribution in [1.29, 1.82) is 0 Å². The Balaban J connectivity index is 2.37. The molecule has 0 aliphatic carbocycles. The fourth-order valence-corrected chi connectivity index (χ4v) is 1.76. The molecule has 2 N–H and O–H groups in total. The topological polar surface area (TPSA) is 70.3 Å². The molecule has 0 saturated heterocycles. The quantitative estimate of drug-likeness (QED) is 0.865. The number of nitrogens with zero attached hydrogens (tertiary/aromatic N) is 2. The number of benzene rings is 1. The molecule has 2 aromatic rings. The SMILES string of the molecule is COc1ccc(N)cc1Oc1cc(C)nc(C(C)C)n1. The molecular weight excluding hydrogens is 254 g/mol. The van der Waals surface area contributed by atoms with Crippen LogP contribution in [0.4, 0.5) is 5.69 Å². The van der Waals surface area contributed by atoms with Crippen molar-refractivity contribution < 1.29 is 9.47 Å². The van der Waals surface area contributed by atoms with Gasteiger partial charge in [-0.1, -0.05) is 13.8 Å². The second-order valence-corrected chi connectivity index (χ2v) is 4.87. The van der Waals surface area contributed by atoms with Crippen LogP contribution < -0.4 is 15.2 Å². The summed E-state index contributed by atoms with van der Waals surface area (Å²) >= 11 is 0. The van der Waals surface area contributed by atoms with E-state index in [4.69, 9.17) is 15.2 Å². The van der Waals surface area contributed by atoms with E-state index in [2.05, 4.69) is 9.97 Å². The molecule has 5 nitrogen and oxygen atoms in total. The fourth-order valence-electron chi connectivity index (χ4n) is 1.76. The Morgan fingerprint density at radius 3 is 2.50 bits per heavy atom. The third kappa shape index (κ3) is 3.17. The molecule has 0 atom stereocenters. The van der Waals surface area contributed by atoms with Crippen LogP contribution in [0.25, 0.3) is 0 Å². The first kappa shape index (κ1) is 14.1. The Labute approximate surface area is 118 Å². The zero-order chi connectivity index (χ0) is 14.7. The van der Waals surface area contributed by atoms with Crippen LogP contribution in [0.2, 0.25) is 0 Å². The normalized spacial score (nSPS) is 10.7. The van der Waals surface area contributed by atoms with Crippen molar-refractivity contribution >= 4 is 5.69 Å². The second-order valence-electron chi connectivity index (χ2n) is 4.87. The van der Waals surface area contributed by atoms with Gasteiger partial charge >= 0.3 is 0 Å². The van der Waals surface area contributed by atoms with Crippen LogP contribution in [0.3, 0.4) is 0 Å². The lowest BCUT2D eigenvalue weighted by molar-refractivity contribution is 0.373. The van der Waals surface area contributed by atoms with E-state index < -0.39 is 0 Å². The van der Waals surface area contributed by atoms with Crippen molar-refractivity contribution in [3.05, 3.63) is 35.8 Å². The number of anilines is 1. The fraction of sp³-hybridized carbons (Fsp3) is 0.333. The zero-order valence-electron chi connectivity index (χ0n) is 12.2. The van der Waals surface area contributed by atoms with Crippen molar-refractivity contribution in [3.8, 4) is 17.4 Å². The lowest BCUT2D eigenvalue weighted by Gasteiger charge is -2.12. The average Bonchev–Trinajstić information content (AvgIpc) is 2.38. The number of nitrogen functional groups attached to an aromatic ring is 1. The smallest absolute Gasteiger partial charge is 0.222 e. The van der Waals surface area contributed by atoms with Gasteiger partial charge in [-0.05, 0) is 19.1 Å². The summed E-state index contributed by atoms with van der Waals surface area (Å²) in [6.07, 6.45) is 0. The Kier molecular flexibility index (Phi) is 4.08. The average molecular weight is 273 g/mol. The highest BCUT2D eigenvalue weighted by atomic mass is 16.5. The summed E-state index contributed by atoms with van der Waals surface area (Å²) in [5.74, 6) is 2.63. The summed E-state index contributed by atoms with van der Waals surface area (Å²) < 4.78 is 11.1. The number of nitrogens with two attached hydrogens (primary N) is 1. The van der Waals surface area contributed by atoms with Gasteiger partial charge in [-0.2, -0.15) is 4.98 Å². The zero-order valence-corrected chi connectivity index (χ0v) is 12.2. The molecule has 0 fully saturated rings. The van der Waals surface area contributed by atoms with E-state index in [0.29, 0.717) is 23.1 Å². The molecule has 0 aliphatic rings. The number of hydrogen-bond donors (Lipinski definition) is 1. The molecule has 106 valence electrons. The van der Waals surface area contributed by atoms with Gasteiger partial charge in [-0.3, -0.25) is 0 Å². The molecule has 0 bridgehead atoms. The number of hydrogen-bond acceptors (Lipinski definition) is 5. The van der Waals surface area contributed by atoms with Crippen molar-refractivity contribution in [3.63, 3.8) is 0 Å². The van der Waals surface area contributed by atoms with Crippen LogP contribution in [-0.4, -0.2) is 17.1 Å². The van der Waals surface area contributed by atoms with Crippen LogP contribution in [0.5, 0.6) is 17.4 Å². The largest absolute Gasteiger partial charge is 0.493 e. The molecule has 0 saturated carbocycles. The number of rotatable bonds is 4. The first-order valence-corrected chi connectivity index (χ1v) is 6.46. The molecule has 2 rings (SSSR count). The first-order valence-electron chi connectivity index (χ1n) is 6.46. The van der Waals surface area contributed by atoms with E-state index in [1.807, 2.05) is 20.8 Å². The molecular formula is C15H19N3O2. The number of methoxy groups -OCH3 is 1. The highest BCUT2D eigenvalue weighted by Crippen LogP contribution is 2.32. The van der Waals surface area contributed by atoms with Crippen molar-refractivity contribution in [1.82, 2.24) is 9.97 Å². The summed E-state index contributed by atoms with van der Waals surface area (Å²) in [7, 11) is 1.59. The van der Waals surface area contributed by atoms with Gasteiger partial charge in [-0.15, -0.1) is 0 Å². The van der Waals surface area contributed by atoms with E-state index >= 15 is 0 Å². The van der Waals surface area contributed by atoms with E-state index in [-0.39, 0.29) is 5.92 Å². The summed E-state index contributed by atoms with van der Waals surface area (Å²) in [6, 6.07) is 7.03. The molecule has 20 heavy (non-hydrogen) atoms. The monoisotopic (exact) mass is 273 g/mol. The van der Waals surface area contributed by atoms with Gasteiger partial charge in [-0.25, -0.2) is 4.98 Å². The molecule has 5 heteroatoms. The molecule has 0 unspecified atom stereocenters. The van der Waals surface area contributed by atoms with Gasteiger partial charge in [0, 0.05) is 29.4 Å². The van der Waals surface area contributed by atoms with E-state index in [1.54, 1.807) is 31.4 Å². The maximum absolute atomic E-state index is 5.80. The van der Waals surface area contributed by atoms with Crippen molar-refractivity contribution in [2.24, 2.45) is 0 Å². The van der Waals surface area contributed by atoms with Crippen LogP contribution in [0.15, 0.2) is 24.3 Å². The molecule has 0 spiro atoms. The number of aromatic nitrogens is 2. The third-order valence-corrected chi connectivity index (χ3v) is 2.77. The van der Waals surface area contributed by atoms with Crippen molar-refractivity contribution in [2.75, 3.05) is 12.8 Å². The maximum Gasteiger partial charge on any atom is 0.222 e. The van der Waals surface area contributed by atoms with Gasteiger partial charge in [0.1, 0.15) is 5.82 Å². The number of aryl methyl sites for hydroxylation is 1. The van der Waals surface area contributed by atoms with Crippen LogP contribution >= 0.6 is 0 Å². The van der Waals surface area contributed by atoms with Gasteiger partial charge in [0.15, 0.2) is 11.5 Å². The highest BCUT2D eigenvalue weighted by Gasteiger charge is 2.11. The first-order chi connectivity index (χ1) is 9.49. The molecule has 0 amide bonds. The van der Waals surface area contributed by atoms with Crippen LogP contribution in [0, 0.1) is 6.92 Å². The van der Waals surface area contributed by atoms with Gasteiger partial charge in [0.25, 0.3) is 0 Å². The van der Waals surface area contributed by atoms with E-state index in [9.17, 15) is 0 Å². The number of ether oxygens (including phenoxy) is 2. The van der Waals surface area contributed by atoms with Crippen LogP contribution in [-0.2, 0) is 0 Å². The summed E-state index contributed by atoms with van der Waals surface area (Å²) in [6.45, 7) is 6.00. The summed E-state index contributed by atoms with van der Waals surface area (Å²) in [4.78, 5) is 8.79. The Morgan fingerprint density at radius 1 is 1.10 bits per heavy atom. The molecule has 0 aliphatic heterocycles. The standard InChI is InChI=1S/C15H19N3O2/c1-9(2)15-17-10(3)7-14(18-15)20-13-8-11(16)5-6-12(13)19-4/h5-9H,16H2,1-4H3. The van der Waals surface area contributed by atoms with E-state index in [0.717, 1.165) is 11.5 Å². The second kappa shape index (κ2) is 5.77. The minimum absolute atomic E-state index is 0.236. The van der Waals surface area contributed by atoms with Gasteiger partial charge < -0.3 is 15.2 Å². The predicted molar refractivity (Wildman–Crippen MR) is 78.3 cm³/mol. The summed E-state index contributed by atoms with van der Waals surface area (Å²) in [5, 5.41) is 0.